The van der Waals surface area contributed by atoms with Crippen LogP contribution in [-0.4, -0.2) is 57.5 Å². The van der Waals surface area contributed by atoms with Crippen LogP contribution in [0.5, 0.6) is 11.5 Å². The zero-order valence-corrected chi connectivity index (χ0v) is 24.0. The smallest absolute Gasteiger partial charge is 0.253 e. The zero-order valence-electron chi connectivity index (χ0n) is 21.8. The fourth-order valence-corrected chi connectivity index (χ4v) is 8.14. The van der Waals surface area contributed by atoms with Crippen LogP contribution in [0.4, 0.5) is 5.69 Å². The summed E-state index contributed by atoms with van der Waals surface area (Å²) in [5, 5.41) is 11.4. The summed E-state index contributed by atoms with van der Waals surface area (Å²) in [7, 11) is 2.77. The van der Waals surface area contributed by atoms with Crippen LogP contribution in [0.25, 0.3) is 0 Å². The van der Waals surface area contributed by atoms with Crippen molar-refractivity contribution in [3.63, 3.8) is 0 Å². The van der Waals surface area contributed by atoms with Gasteiger partial charge in [-0.1, -0.05) is 29.3 Å². The van der Waals surface area contributed by atoms with Crippen molar-refractivity contribution in [2.45, 2.75) is 35.4 Å². The number of phenols is 1. The van der Waals surface area contributed by atoms with E-state index >= 15 is 0 Å². The van der Waals surface area contributed by atoms with E-state index in [9.17, 15) is 24.3 Å². The molecule has 1 N–H and O–H groups in total. The summed E-state index contributed by atoms with van der Waals surface area (Å²) in [6, 6.07) is 9.50. The number of carbonyl (C=O) groups excluding carboxylic acids is 4. The molecular weight excluding hydrogens is 579 g/mol. The van der Waals surface area contributed by atoms with Gasteiger partial charge in [-0.15, -0.1) is 23.2 Å². The number of anilines is 1. The number of allylic oxidation sites excluding steroid dienone is 2. The largest absolute Gasteiger partial charge is 0.508 e. The topological polar surface area (TPSA) is 104 Å². The van der Waals surface area contributed by atoms with Crippen molar-refractivity contribution in [2.75, 3.05) is 19.1 Å². The van der Waals surface area contributed by atoms with Crippen LogP contribution in [-0.2, 0) is 19.2 Å². The van der Waals surface area contributed by atoms with Gasteiger partial charge < -0.3 is 9.84 Å². The van der Waals surface area contributed by atoms with Crippen LogP contribution in [0.3, 0.4) is 0 Å². The molecule has 1 saturated carbocycles. The van der Waals surface area contributed by atoms with Crippen LogP contribution in [0, 0.1) is 24.7 Å². The molecule has 2 aliphatic carbocycles. The number of alkyl halides is 2. The molecule has 8 nitrogen and oxygen atoms in total. The molecule has 3 fully saturated rings. The number of likely N-dealkylation sites (tertiary alicyclic amines) is 1. The van der Waals surface area contributed by atoms with Crippen LogP contribution in [0.15, 0.2) is 48.0 Å². The number of imide groups is 2. The average Bonchev–Trinajstić information content (AvgIpc) is 3.26. The lowest BCUT2D eigenvalue weighted by atomic mass is 9.56. The molecule has 6 atom stereocenters. The number of hydrogen-bond donors (Lipinski definition) is 1. The molecule has 2 heterocycles. The van der Waals surface area contributed by atoms with Gasteiger partial charge in [-0.3, -0.25) is 24.1 Å². The maximum absolute atomic E-state index is 14.0. The van der Waals surface area contributed by atoms with E-state index in [-0.39, 0.29) is 30.1 Å². The Morgan fingerprint density at radius 2 is 1.73 bits per heavy atom. The number of hydrogen-bond acceptors (Lipinski definition) is 6. The molecule has 2 aromatic rings. The minimum absolute atomic E-state index is 0.136. The fourth-order valence-electron chi connectivity index (χ4n) is 6.96. The number of aromatic hydroxyl groups is 1. The van der Waals surface area contributed by atoms with Crippen molar-refractivity contribution in [3.8, 4) is 11.5 Å². The van der Waals surface area contributed by atoms with E-state index in [1.165, 1.54) is 20.2 Å². The van der Waals surface area contributed by atoms with Gasteiger partial charge in [-0.25, -0.2) is 4.90 Å². The van der Waals surface area contributed by atoms with Gasteiger partial charge in [0.2, 0.25) is 11.8 Å². The minimum Gasteiger partial charge on any atom is -0.508 e. The van der Waals surface area contributed by atoms with Crippen molar-refractivity contribution >= 4 is 64.1 Å². The Balaban J connectivity index is 1.53. The first-order valence-corrected chi connectivity index (χ1v) is 13.9. The lowest BCUT2D eigenvalue weighted by Crippen LogP contribution is -2.60. The van der Waals surface area contributed by atoms with Crippen molar-refractivity contribution in [2.24, 2.45) is 17.8 Å². The summed E-state index contributed by atoms with van der Waals surface area (Å²) in [5.41, 5.74) is 1.98. The number of methoxy groups -OCH3 is 1. The number of benzene rings is 2. The molecular formula is C29H25Cl3N2O6. The molecule has 40 heavy (non-hydrogen) atoms. The van der Waals surface area contributed by atoms with Crippen molar-refractivity contribution in [1.29, 1.82) is 0 Å². The fraction of sp³-hybridized carbons (Fsp3) is 0.379. The number of phenolic OH excluding ortho intramolecular Hbond substituents is 1. The second-order valence-electron chi connectivity index (χ2n) is 10.9. The van der Waals surface area contributed by atoms with E-state index in [4.69, 9.17) is 39.5 Å². The molecule has 6 unspecified atom stereocenters. The van der Waals surface area contributed by atoms with Gasteiger partial charge in [0.15, 0.2) is 9.75 Å². The first kappa shape index (κ1) is 27.1. The molecule has 2 aromatic carbocycles. The number of carbonyl (C=O) groups is 4. The number of ether oxygens (including phenoxy) is 1. The van der Waals surface area contributed by atoms with Crippen LogP contribution < -0.4 is 9.64 Å². The van der Waals surface area contributed by atoms with E-state index in [1.54, 1.807) is 30.3 Å². The summed E-state index contributed by atoms with van der Waals surface area (Å²) in [6.07, 6.45) is 1.88. The quantitative estimate of drug-likeness (QED) is 0.314. The molecule has 11 heteroatoms. The molecule has 2 saturated heterocycles. The monoisotopic (exact) mass is 602 g/mol. The lowest BCUT2D eigenvalue weighted by Gasteiger charge is -2.50. The Morgan fingerprint density at radius 1 is 1.00 bits per heavy atom. The Morgan fingerprint density at radius 3 is 2.40 bits per heavy atom. The first-order chi connectivity index (χ1) is 18.9. The molecule has 0 aromatic heterocycles. The van der Waals surface area contributed by atoms with Crippen LogP contribution >= 0.6 is 34.8 Å². The van der Waals surface area contributed by atoms with Crippen molar-refractivity contribution < 1.29 is 29.0 Å². The molecule has 4 aliphatic rings. The maximum Gasteiger partial charge on any atom is 0.253 e. The number of amides is 4. The second-order valence-corrected chi connectivity index (χ2v) is 12.5. The normalized spacial score (nSPS) is 33.1. The van der Waals surface area contributed by atoms with Crippen LogP contribution in [0.1, 0.15) is 29.9 Å². The third kappa shape index (κ3) is 3.33. The van der Waals surface area contributed by atoms with Crippen LogP contribution in [0.2, 0.25) is 5.02 Å². The van der Waals surface area contributed by atoms with Gasteiger partial charge in [0.1, 0.15) is 11.5 Å². The van der Waals surface area contributed by atoms with Crippen molar-refractivity contribution in [1.82, 2.24) is 4.90 Å². The third-order valence-electron chi connectivity index (χ3n) is 8.97. The number of aryl methyl sites for hydroxylation is 1. The Hall–Kier alpha value is -3.07. The molecule has 208 valence electrons. The number of rotatable bonds is 3. The Kier molecular flexibility index (Phi) is 6.08. The molecule has 6 rings (SSSR count). The Labute approximate surface area is 245 Å². The highest BCUT2D eigenvalue weighted by atomic mass is 35.5. The third-order valence-corrected chi connectivity index (χ3v) is 10.8. The average molecular weight is 604 g/mol. The Bertz CT molecular complexity index is 1560. The van der Waals surface area contributed by atoms with Gasteiger partial charge in [0.05, 0.1) is 24.6 Å². The second kappa shape index (κ2) is 8.96. The van der Waals surface area contributed by atoms with Crippen molar-refractivity contribution in [3.05, 3.63) is 64.2 Å². The summed E-state index contributed by atoms with van der Waals surface area (Å²) < 4.78 is 5.37. The summed E-state index contributed by atoms with van der Waals surface area (Å²) in [4.78, 5) is 53.0. The van der Waals surface area contributed by atoms with Gasteiger partial charge in [0, 0.05) is 23.6 Å². The highest BCUT2D eigenvalue weighted by Gasteiger charge is 2.76. The van der Waals surface area contributed by atoms with Gasteiger partial charge >= 0.3 is 0 Å². The van der Waals surface area contributed by atoms with E-state index in [0.717, 1.165) is 15.4 Å². The van der Waals surface area contributed by atoms with E-state index in [1.807, 2.05) is 13.0 Å². The van der Waals surface area contributed by atoms with E-state index < -0.39 is 51.1 Å². The minimum atomic E-state index is -1.99. The molecule has 0 bridgehead atoms. The van der Waals surface area contributed by atoms with E-state index in [0.29, 0.717) is 22.0 Å². The highest BCUT2D eigenvalue weighted by molar-refractivity contribution is 6.53. The molecule has 4 amide bonds. The summed E-state index contributed by atoms with van der Waals surface area (Å²) in [5.74, 6) is -5.32. The maximum atomic E-state index is 14.0. The summed E-state index contributed by atoms with van der Waals surface area (Å²) in [6.45, 7) is 1.82. The molecule has 0 spiro atoms. The standard InChI is InChI=1S/C29H25Cl3N2O6/c1-13-4-5-14(10-20(13)30)34-24(36)17-8-7-16-19(22(17)25(34)37)12-28(31)26(38)33(2)27(39)29(28,32)23(16)18-11-15(40-3)6-9-21(18)35/h4-7,9-11,17,19,22-23,35H,8,12H2,1-3H3. The predicted molar refractivity (Wildman–Crippen MR) is 149 cm³/mol. The number of nitrogens with zero attached hydrogens (tertiary/aromatic N) is 2. The predicted octanol–water partition coefficient (Wildman–Crippen LogP) is 4.56. The highest BCUT2D eigenvalue weighted by Crippen LogP contribution is 2.66. The summed E-state index contributed by atoms with van der Waals surface area (Å²) >= 11 is 20.6. The molecule has 0 radical (unpaired) electrons. The van der Waals surface area contributed by atoms with Gasteiger partial charge in [-0.2, -0.15) is 0 Å². The SMILES string of the molecule is COc1ccc(O)c(C2C3=CCC4C(=O)N(c5ccc(C)c(Cl)c5)C(=O)C4C3CC3(Cl)C(=O)N(C)C(=O)C23Cl)c1. The number of fused-ring (bicyclic) bond motifs is 4. The molecule has 2 aliphatic heterocycles. The van der Waals surface area contributed by atoms with Gasteiger partial charge in [0.25, 0.3) is 11.8 Å². The first-order valence-electron chi connectivity index (χ1n) is 12.8. The number of halogens is 3. The van der Waals surface area contributed by atoms with Gasteiger partial charge in [-0.05, 0) is 61.6 Å². The zero-order chi connectivity index (χ0) is 28.9. The van der Waals surface area contributed by atoms with E-state index in [2.05, 4.69) is 0 Å². The lowest BCUT2D eigenvalue weighted by molar-refractivity contribution is -0.138.